The first-order valence-electron chi connectivity index (χ1n) is 4.85. The Hall–Kier alpha value is -0.0200. The van der Waals surface area contributed by atoms with E-state index in [9.17, 15) is 0 Å². The van der Waals surface area contributed by atoms with Crippen LogP contribution in [0.2, 0.25) is 30.1 Å². The topological polar surface area (TPSA) is 9.23 Å². The fourth-order valence-electron chi connectivity index (χ4n) is 1.35. The number of hydrogen-bond donors (Lipinski definition) is 0. The van der Waals surface area contributed by atoms with Gasteiger partial charge in [0.25, 0.3) is 0 Å². The Balaban J connectivity index is 2.48. The number of rotatable bonds is 2. The Kier molecular flexibility index (Phi) is 4.99. The Morgan fingerprint density at radius 1 is 0.526 bits per heavy atom. The third-order valence-electron chi connectivity index (χ3n) is 2.13. The van der Waals surface area contributed by atoms with Crippen molar-refractivity contribution in [3.05, 3.63) is 54.4 Å². The van der Waals surface area contributed by atoms with Crippen molar-refractivity contribution in [1.29, 1.82) is 0 Å². The van der Waals surface area contributed by atoms with Crippen LogP contribution in [-0.2, 0) is 0 Å². The van der Waals surface area contributed by atoms with Crippen molar-refractivity contribution >= 4 is 69.6 Å². The zero-order valence-electron chi connectivity index (χ0n) is 8.99. The molecule has 0 aromatic heterocycles. The van der Waals surface area contributed by atoms with Crippen molar-refractivity contribution in [3.63, 3.8) is 0 Å². The minimum absolute atomic E-state index is 0.221. The lowest BCUT2D eigenvalue weighted by molar-refractivity contribution is 0.483. The molecule has 19 heavy (non-hydrogen) atoms. The van der Waals surface area contributed by atoms with E-state index in [1.54, 1.807) is 0 Å². The highest BCUT2D eigenvalue weighted by molar-refractivity contribution is 6.41. The first-order valence-corrected chi connectivity index (χ1v) is 7.12. The van der Waals surface area contributed by atoms with Gasteiger partial charge in [0.15, 0.2) is 11.5 Å². The zero-order valence-corrected chi connectivity index (χ0v) is 13.5. The Morgan fingerprint density at radius 2 is 0.789 bits per heavy atom. The van der Waals surface area contributed by atoms with Crippen LogP contribution in [0.4, 0.5) is 0 Å². The summed E-state index contributed by atoms with van der Waals surface area (Å²) >= 11 is 35.7. The highest BCUT2D eigenvalue weighted by Crippen LogP contribution is 2.44. The molecule has 0 aliphatic rings. The van der Waals surface area contributed by atoms with Gasteiger partial charge in [-0.15, -0.1) is 0 Å². The second kappa shape index (κ2) is 6.17. The van der Waals surface area contributed by atoms with Gasteiger partial charge in [0.1, 0.15) is 0 Å². The van der Waals surface area contributed by atoms with Crippen LogP contribution in [0.5, 0.6) is 11.5 Å². The van der Waals surface area contributed by atoms with Crippen LogP contribution >= 0.6 is 69.6 Å². The van der Waals surface area contributed by atoms with Crippen LogP contribution in [0.3, 0.4) is 0 Å². The van der Waals surface area contributed by atoms with Gasteiger partial charge in [-0.2, -0.15) is 0 Å². The molecule has 0 fully saturated rings. The molecular formula is C12H4Cl6O. The molecule has 0 spiro atoms. The molecule has 0 unspecified atom stereocenters. The molecule has 0 saturated heterocycles. The molecule has 0 N–H and O–H groups in total. The summed E-state index contributed by atoms with van der Waals surface area (Å²) in [7, 11) is 0. The van der Waals surface area contributed by atoms with Crippen LogP contribution in [0, 0.1) is 0 Å². The van der Waals surface area contributed by atoms with Crippen molar-refractivity contribution < 1.29 is 4.74 Å². The normalized spacial score (nSPS) is 10.6. The maximum Gasteiger partial charge on any atom is 0.164 e. The van der Waals surface area contributed by atoms with Crippen LogP contribution in [-0.4, -0.2) is 0 Å². The summed E-state index contributed by atoms with van der Waals surface area (Å²) in [5.74, 6) is 0.442. The SMILES string of the molecule is Clc1cc(Cl)c(Oc2c(Cl)cc(Cl)cc2Cl)c(Cl)c1. The predicted octanol–water partition coefficient (Wildman–Crippen LogP) is 7.40. The van der Waals surface area contributed by atoms with E-state index in [0.29, 0.717) is 10.0 Å². The standard InChI is InChI=1S/C12H4Cl6O/c13-5-1-7(15)11(8(16)2-5)19-12-9(17)3-6(14)4-10(12)18/h1-4H. The van der Waals surface area contributed by atoms with E-state index < -0.39 is 0 Å². The monoisotopic (exact) mass is 374 g/mol. The summed E-state index contributed by atoms with van der Waals surface area (Å²) in [5, 5.41) is 1.80. The van der Waals surface area contributed by atoms with Gasteiger partial charge in [0.2, 0.25) is 0 Å². The molecule has 0 atom stereocenters. The lowest BCUT2D eigenvalue weighted by Gasteiger charge is -2.12. The molecule has 2 aromatic carbocycles. The van der Waals surface area contributed by atoms with Crippen molar-refractivity contribution in [2.75, 3.05) is 0 Å². The van der Waals surface area contributed by atoms with E-state index in [1.807, 2.05) is 0 Å². The highest BCUT2D eigenvalue weighted by atomic mass is 35.5. The molecule has 0 heterocycles. The average molecular weight is 377 g/mol. The Bertz CT molecular complexity index is 539. The van der Waals surface area contributed by atoms with E-state index in [4.69, 9.17) is 74.3 Å². The maximum atomic E-state index is 6.01. The predicted molar refractivity (Wildman–Crippen MR) is 83.0 cm³/mol. The van der Waals surface area contributed by atoms with Gasteiger partial charge < -0.3 is 4.74 Å². The van der Waals surface area contributed by atoms with E-state index in [0.717, 1.165) is 0 Å². The summed E-state index contributed by atoms with van der Waals surface area (Å²) in [6, 6.07) is 6.01. The second-order valence-corrected chi connectivity index (χ2v) is 6.00. The molecule has 0 amide bonds. The van der Waals surface area contributed by atoms with Crippen molar-refractivity contribution in [2.45, 2.75) is 0 Å². The summed E-state index contributed by atoms with van der Waals surface area (Å²) in [6.07, 6.45) is 0. The second-order valence-electron chi connectivity index (χ2n) is 3.50. The number of ether oxygens (including phenoxy) is 1. The summed E-state index contributed by atoms with van der Waals surface area (Å²) < 4.78 is 5.57. The summed E-state index contributed by atoms with van der Waals surface area (Å²) in [6.45, 7) is 0. The molecule has 0 aliphatic carbocycles. The van der Waals surface area contributed by atoms with Crippen LogP contribution < -0.4 is 4.74 Å². The first-order chi connectivity index (χ1) is 8.88. The molecule has 1 nitrogen and oxygen atoms in total. The van der Waals surface area contributed by atoms with Crippen molar-refractivity contribution in [1.82, 2.24) is 0 Å². The Labute approximate surface area is 139 Å². The van der Waals surface area contributed by atoms with Crippen molar-refractivity contribution in [2.24, 2.45) is 0 Å². The molecule has 0 saturated carbocycles. The van der Waals surface area contributed by atoms with Gasteiger partial charge >= 0.3 is 0 Å². The summed E-state index contributed by atoms with van der Waals surface area (Å²) in [4.78, 5) is 0. The fraction of sp³-hybridized carbons (Fsp3) is 0. The molecule has 0 bridgehead atoms. The highest BCUT2D eigenvalue weighted by Gasteiger charge is 2.15. The molecule has 2 rings (SSSR count). The van der Waals surface area contributed by atoms with Gasteiger partial charge in [0, 0.05) is 10.0 Å². The average Bonchev–Trinajstić information content (AvgIpc) is 2.25. The lowest BCUT2D eigenvalue weighted by Crippen LogP contribution is -1.89. The maximum absolute atomic E-state index is 6.01. The molecule has 7 heteroatoms. The molecule has 2 aromatic rings. The Morgan fingerprint density at radius 3 is 1.05 bits per heavy atom. The third-order valence-corrected chi connectivity index (χ3v) is 3.69. The van der Waals surface area contributed by atoms with E-state index in [-0.39, 0.29) is 31.6 Å². The first kappa shape index (κ1) is 15.4. The largest absolute Gasteiger partial charge is 0.451 e. The van der Waals surface area contributed by atoms with Crippen LogP contribution in [0.1, 0.15) is 0 Å². The number of benzene rings is 2. The number of hydrogen-bond acceptors (Lipinski definition) is 1. The minimum atomic E-state index is 0.221. The molecule has 0 radical (unpaired) electrons. The van der Waals surface area contributed by atoms with Crippen LogP contribution in [0.15, 0.2) is 24.3 Å². The minimum Gasteiger partial charge on any atom is -0.451 e. The van der Waals surface area contributed by atoms with Gasteiger partial charge in [-0.05, 0) is 24.3 Å². The summed E-state index contributed by atoms with van der Waals surface area (Å²) in [5.41, 5.74) is 0. The van der Waals surface area contributed by atoms with E-state index >= 15 is 0 Å². The molecule has 100 valence electrons. The van der Waals surface area contributed by atoms with Crippen molar-refractivity contribution in [3.8, 4) is 11.5 Å². The zero-order chi connectivity index (χ0) is 14.2. The lowest BCUT2D eigenvalue weighted by atomic mass is 10.3. The fourth-order valence-corrected chi connectivity index (χ4v) is 3.14. The smallest absolute Gasteiger partial charge is 0.164 e. The third kappa shape index (κ3) is 3.55. The van der Waals surface area contributed by atoms with E-state index in [2.05, 4.69) is 0 Å². The quantitative estimate of drug-likeness (QED) is 0.530. The molecular weight excluding hydrogens is 373 g/mol. The van der Waals surface area contributed by atoms with Gasteiger partial charge in [-0.25, -0.2) is 0 Å². The number of halogens is 6. The van der Waals surface area contributed by atoms with Crippen LogP contribution in [0.25, 0.3) is 0 Å². The van der Waals surface area contributed by atoms with Gasteiger partial charge in [0.05, 0.1) is 20.1 Å². The van der Waals surface area contributed by atoms with Gasteiger partial charge in [-0.1, -0.05) is 69.6 Å². The van der Waals surface area contributed by atoms with Gasteiger partial charge in [-0.3, -0.25) is 0 Å². The molecule has 0 aliphatic heterocycles. The van der Waals surface area contributed by atoms with E-state index in [1.165, 1.54) is 24.3 Å².